The van der Waals surface area contributed by atoms with Crippen LogP contribution in [-0.2, 0) is 21.9 Å². The molecule has 1 aliphatic heterocycles. The molecule has 1 aromatic carbocycles. The Hall–Kier alpha value is -1.80. The van der Waals surface area contributed by atoms with E-state index in [1.165, 1.54) is 28.6 Å². The first-order valence-corrected chi connectivity index (χ1v) is 9.98. The average molecular weight is 365 g/mol. The summed E-state index contributed by atoms with van der Waals surface area (Å²) in [6.07, 6.45) is 3.50. The van der Waals surface area contributed by atoms with Gasteiger partial charge in [0, 0.05) is 19.5 Å². The minimum atomic E-state index is -3.66. The molecule has 0 radical (unpaired) electrons. The minimum absolute atomic E-state index is 0.117. The molecule has 8 heteroatoms. The topological polar surface area (TPSA) is 76.3 Å². The van der Waals surface area contributed by atoms with Crippen LogP contribution in [0.1, 0.15) is 37.9 Å². The quantitative estimate of drug-likeness (QED) is 0.832. The molecule has 2 heterocycles. The number of hydrogen-bond donors (Lipinski definition) is 0. The summed E-state index contributed by atoms with van der Waals surface area (Å²) in [6.45, 7) is 2.73. The van der Waals surface area contributed by atoms with Gasteiger partial charge in [-0.2, -0.15) is 9.29 Å². The van der Waals surface area contributed by atoms with Crippen LogP contribution in [0.5, 0.6) is 0 Å². The van der Waals surface area contributed by atoms with E-state index in [0.29, 0.717) is 31.2 Å². The van der Waals surface area contributed by atoms with Crippen molar-refractivity contribution in [1.29, 1.82) is 0 Å². The van der Waals surface area contributed by atoms with E-state index >= 15 is 0 Å². The lowest BCUT2D eigenvalue weighted by atomic mass is 9.80. The van der Waals surface area contributed by atoms with Gasteiger partial charge in [0.05, 0.1) is 10.3 Å². The van der Waals surface area contributed by atoms with Crippen molar-refractivity contribution in [3.63, 3.8) is 0 Å². The van der Waals surface area contributed by atoms with Gasteiger partial charge in [0.2, 0.25) is 15.9 Å². The number of sulfonamides is 1. The van der Waals surface area contributed by atoms with Gasteiger partial charge in [0.15, 0.2) is 5.82 Å². The third-order valence-corrected chi connectivity index (χ3v) is 7.33. The molecule has 6 nitrogen and oxygen atoms in total. The van der Waals surface area contributed by atoms with E-state index in [1.807, 2.05) is 6.92 Å². The minimum Gasteiger partial charge on any atom is -0.339 e. The highest BCUT2D eigenvalue weighted by atomic mass is 32.2. The number of nitrogens with zero attached hydrogens (tertiary/aromatic N) is 3. The molecule has 4 rings (SSSR count). The maximum atomic E-state index is 13.1. The standard InChI is InChI=1S/C17H20FN3O3S/c1-2-15-19-16(20-24-15)17-9-3-4-12(17)10-21(11-17)25(22,23)14-7-5-13(18)6-8-14/h5-8,12H,2-4,9-11H2,1H3. The number of aromatic nitrogens is 2. The van der Waals surface area contributed by atoms with Crippen LogP contribution in [0.15, 0.2) is 33.7 Å². The van der Waals surface area contributed by atoms with Crippen LogP contribution in [0.2, 0.25) is 0 Å². The van der Waals surface area contributed by atoms with Crippen molar-refractivity contribution >= 4 is 10.0 Å². The number of aryl methyl sites for hydroxylation is 1. The Bertz CT molecular complexity index is 881. The summed E-state index contributed by atoms with van der Waals surface area (Å²) in [5.41, 5.74) is -0.371. The smallest absolute Gasteiger partial charge is 0.243 e. The summed E-state index contributed by atoms with van der Waals surface area (Å²) in [7, 11) is -3.66. The third-order valence-electron chi connectivity index (χ3n) is 5.51. The zero-order valence-electron chi connectivity index (χ0n) is 14.0. The van der Waals surface area contributed by atoms with Gasteiger partial charge >= 0.3 is 0 Å². The predicted octanol–water partition coefficient (Wildman–Crippen LogP) is 2.51. The lowest BCUT2D eigenvalue weighted by Crippen LogP contribution is -2.35. The van der Waals surface area contributed by atoms with Crippen LogP contribution < -0.4 is 0 Å². The van der Waals surface area contributed by atoms with Crippen molar-refractivity contribution < 1.29 is 17.3 Å². The van der Waals surface area contributed by atoms with Crippen LogP contribution >= 0.6 is 0 Å². The molecule has 1 aliphatic carbocycles. The zero-order valence-corrected chi connectivity index (χ0v) is 14.8. The summed E-state index contributed by atoms with van der Waals surface area (Å²) >= 11 is 0. The number of hydrogen-bond acceptors (Lipinski definition) is 5. The Morgan fingerprint density at radius 1 is 1.36 bits per heavy atom. The van der Waals surface area contributed by atoms with Gasteiger partial charge in [-0.1, -0.05) is 18.5 Å². The van der Waals surface area contributed by atoms with E-state index in [9.17, 15) is 12.8 Å². The van der Waals surface area contributed by atoms with E-state index in [-0.39, 0.29) is 16.2 Å². The van der Waals surface area contributed by atoms with E-state index < -0.39 is 15.8 Å². The summed E-state index contributed by atoms with van der Waals surface area (Å²) in [4.78, 5) is 4.61. The van der Waals surface area contributed by atoms with Crippen LogP contribution in [0, 0.1) is 11.7 Å². The molecule has 2 unspecified atom stereocenters. The first-order valence-electron chi connectivity index (χ1n) is 8.54. The Morgan fingerprint density at radius 2 is 2.12 bits per heavy atom. The summed E-state index contributed by atoms with van der Waals surface area (Å²) in [6, 6.07) is 4.97. The second-order valence-electron chi connectivity index (χ2n) is 6.86. The molecule has 1 saturated heterocycles. The number of benzene rings is 1. The molecule has 25 heavy (non-hydrogen) atoms. The molecule has 2 aromatic rings. The molecule has 0 amide bonds. The van der Waals surface area contributed by atoms with Gasteiger partial charge < -0.3 is 4.52 Å². The first-order chi connectivity index (χ1) is 12.0. The van der Waals surface area contributed by atoms with Crippen LogP contribution in [0.25, 0.3) is 0 Å². The van der Waals surface area contributed by atoms with Gasteiger partial charge in [-0.25, -0.2) is 12.8 Å². The summed E-state index contributed by atoms with van der Waals surface area (Å²) in [5.74, 6) is 0.941. The fourth-order valence-corrected chi connectivity index (χ4v) is 5.70. The molecule has 2 atom stereocenters. The Morgan fingerprint density at radius 3 is 2.80 bits per heavy atom. The highest BCUT2D eigenvalue weighted by molar-refractivity contribution is 7.89. The highest BCUT2D eigenvalue weighted by Gasteiger charge is 2.55. The molecule has 2 aliphatic rings. The Balaban J connectivity index is 1.67. The Labute approximate surface area is 146 Å². The van der Waals surface area contributed by atoms with Crippen molar-refractivity contribution in [2.75, 3.05) is 13.1 Å². The van der Waals surface area contributed by atoms with Gasteiger partial charge in [0.25, 0.3) is 0 Å². The van der Waals surface area contributed by atoms with Crippen LogP contribution in [0.4, 0.5) is 4.39 Å². The maximum Gasteiger partial charge on any atom is 0.243 e. The van der Waals surface area contributed by atoms with Crippen molar-refractivity contribution in [2.24, 2.45) is 5.92 Å². The van der Waals surface area contributed by atoms with Gasteiger partial charge in [-0.15, -0.1) is 0 Å². The molecular weight excluding hydrogens is 345 g/mol. The fourth-order valence-electron chi connectivity index (χ4n) is 4.15. The van der Waals surface area contributed by atoms with E-state index in [0.717, 1.165) is 19.3 Å². The summed E-state index contributed by atoms with van der Waals surface area (Å²) < 4.78 is 45.8. The highest BCUT2D eigenvalue weighted by Crippen LogP contribution is 2.50. The second-order valence-corrected chi connectivity index (χ2v) is 8.80. The van der Waals surface area contributed by atoms with Gasteiger partial charge in [0.1, 0.15) is 5.82 Å². The van der Waals surface area contributed by atoms with Crippen molar-refractivity contribution in [3.05, 3.63) is 41.8 Å². The molecular formula is C17H20FN3O3S. The third kappa shape index (κ3) is 2.58. The molecule has 0 spiro atoms. The second kappa shape index (κ2) is 5.88. The first kappa shape index (κ1) is 16.7. The van der Waals surface area contributed by atoms with Crippen molar-refractivity contribution in [1.82, 2.24) is 14.4 Å². The lowest BCUT2D eigenvalue weighted by molar-refractivity contribution is 0.329. The average Bonchev–Trinajstić information content (AvgIpc) is 3.28. The van der Waals surface area contributed by atoms with Gasteiger partial charge in [-0.3, -0.25) is 0 Å². The Kier molecular flexibility index (Phi) is 3.92. The van der Waals surface area contributed by atoms with Gasteiger partial charge in [-0.05, 0) is 43.0 Å². The van der Waals surface area contributed by atoms with E-state index in [4.69, 9.17) is 4.52 Å². The van der Waals surface area contributed by atoms with Crippen molar-refractivity contribution in [3.8, 4) is 0 Å². The number of rotatable bonds is 4. The molecule has 0 bridgehead atoms. The van der Waals surface area contributed by atoms with Crippen molar-refractivity contribution in [2.45, 2.75) is 42.9 Å². The van der Waals surface area contributed by atoms with Crippen LogP contribution in [-0.4, -0.2) is 36.0 Å². The molecule has 1 saturated carbocycles. The van der Waals surface area contributed by atoms with E-state index in [2.05, 4.69) is 10.1 Å². The molecule has 1 aromatic heterocycles. The van der Waals surface area contributed by atoms with E-state index in [1.54, 1.807) is 0 Å². The lowest BCUT2D eigenvalue weighted by Gasteiger charge is -2.24. The van der Waals surface area contributed by atoms with Crippen LogP contribution in [0.3, 0.4) is 0 Å². The molecule has 0 N–H and O–H groups in total. The number of fused-ring (bicyclic) bond motifs is 1. The normalized spacial score (nSPS) is 26.9. The number of halogens is 1. The largest absolute Gasteiger partial charge is 0.339 e. The predicted molar refractivity (Wildman–Crippen MR) is 87.9 cm³/mol. The maximum absolute atomic E-state index is 13.1. The monoisotopic (exact) mass is 365 g/mol. The summed E-state index contributed by atoms with van der Waals surface area (Å²) in [5, 5.41) is 4.15. The zero-order chi connectivity index (χ0) is 17.7. The SMILES string of the molecule is CCc1nc(C23CCCC2CN(S(=O)(=O)c2ccc(F)cc2)C3)no1. The fraction of sp³-hybridized carbons (Fsp3) is 0.529. The molecule has 2 fully saturated rings. The molecule has 134 valence electrons.